The van der Waals surface area contributed by atoms with E-state index in [1.807, 2.05) is 0 Å². The van der Waals surface area contributed by atoms with Crippen LogP contribution < -0.4 is 19.1 Å². The Kier molecular flexibility index (Phi) is 6.33. The van der Waals surface area contributed by atoms with E-state index >= 15 is 0 Å². The molecular formula is C17H19ClN2O5S. The van der Waals surface area contributed by atoms with E-state index in [0.29, 0.717) is 16.5 Å². The summed E-state index contributed by atoms with van der Waals surface area (Å²) < 4.78 is 35.8. The Bertz CT molecular complexity index is 902. The molecule has 140 valence electrons. The van der Waals surface area contributed by atoms with Crippen LogP contribution in [0.1, 0.15) is 0 Å². The van der Waals surface area contributed by atoms with Crippen LogP contribution in [0.5, 0.6) is 11.5 Å². The van der Waals surface area contributed by atoms with Gasteiger partial charge >= 0.3 is 0 Å². The number of amides is 1. The average Bonchev–Trinajstić information content (AvgIpc) is 2.59. The summed E-state index contributed by atoms with van der Waals surface area (Å²) in [5.41, 5.74) is 0.615. The van der Waals surface area contributed by atoms with Gasteiger partial charge in [-0.15, -0.1) is 0 Å². The Balaban J connectivity index is 2.32. The van der Waals surface area contributed by atoms with Crippen molar-refractivity contribution < 1.29 is 22.7 Å². The first-order chi connectivity index (χ1) is 12.3. The number of carbonyl (C=O) groups excluding carboxylic acids is 1. The number of nitrogens with zero attached hydrogens (tertiary/aromatic N) is 1. The maximum absolute atomic E-state index is 12.4. The van der Waals surface area contributed by atoms with Gasteiger partial charge in [-0.25, -0.2) is 8.42 Å². The number of carbonyl (C=O) groups is 1. The highest BCUT2D eigenvalue weighted by atomic mass is 35.5. The number of para-hydroxylation sites is 2. The SMILES string of the molecule is COc1ccccc1NC(=O)CN(c1cc(Cl)ccc1OC)S(C)(=O)=O. The van der Waals surface area contributed by atoms with Gasteiger partial charge in [0.15, 0.2) is 0 Å². The molecule has 1 amide bonds. The molecule has 0 saturated carbocycles. The van der Waals surface area contributed by atoms with Crippen LogP contribution in [0, 0.1) is 0 Å². The van der Waals surface area contributed by atoms with Crippen molar-refractivity contribution in [2.75, 3.05) is 36.6 Å². The highest BCUT2D eigenvalue weighted by molar-refractivity contribution is 7.92. The lowest BCUT2D eigenvalue weighted by molar-refractivity contribution is -0.114. The van der Waals surface area contributed by atoms with Gasteiger partial charge in [-0.2, -0.15) is 0 Å². The zero-order valence-electron chi connectivity index (χ0n) is 14.5. The lowest BCUT2D eigenvalue weighted by Gasteiger charge is -2.24. The third kappa shape index (κ3) is 4.80. The number of anilines is 2. The van der Waals surface area contributed by atoms with Crippen molar-refractivity contribution in [1.82, 2.24) is 0 Å². The molecule has 9 heteroatoms. The number of hydrogen-bond donors (Lipinski definition) is 1. The monoisotopic (exact) mass is 398 g/mol. The van der Waals surface area contributed by atoms with Crippen LogP contribution in [0.4, 0.5) is 11.4 Å². The van der Waals surface area contributed by atoms with Crippen molar-refractivity contribution in [2.24, 2.45) is 0 Å². The highest BCUT2D eigenvalue weighted by Crippen LogP contribution is 2.33. The minimum Gasteiger partial charge on any atom is -0.495 e. The Morgan fingerprint density at radius 1 is 1.12 bits per heavy atom. The molecule has 1 N–H and O–H groups in total. The summed E-state index contributed by atoms with van der Waals surface area (Å²) in [5, 5.41) is 2.96. The maximum atomic E-state index is 12.4. The van der Waals surface area contributed by atoms with Crippen molar-refractivity contribution in [2.45, 2.75) is 0 Å². The summed E-state index contributed by atoms with van der Waals surface area (Å²) in [6, 6.07) is 11.4. The van der Waals surface area contributed by atoms with Gasteiger partial charge in [-0.05, 0) is 30.3 Å². The number of benzene rings is 2. The zero-order chi connectivity index (χ0) is 19.3. The summed E-state index contributed by atoms with van der Waals surface area (Å²) in [6.45, 7) is -0.451. The number of nitrogens with one attached hydrogen (secondary N) is 1. The van der Waals surface area contributed by atoms with E-state index in [-0.39, 0.29) is 11.4 Å². The molecule has 0 aromatic heterocycles. The fraction of sp³-hybridized carbons (Fsp3) is 0.235. The number of methoxy groups -OCH3 is 2. The number of hydrogen-bond acceptors (Lipinski definition) is 5. The molecule has 7 nitrogen and oxygen atoms in total. The number of sulfonamides is 1. The largest absolute Gasteiger partial charge is 0.495 e. The van der Waals surface area contributed by atoms with Crippen LogP contribution in [0.3, 0.4) is 0 Å². The number of halogens is 1. The second-order valence-electron chi connectivity index (χ2n) is 5.33. The molecule has 2 aromatic carbocycles. The highest BCUT2D eigenvalue weighted by Gasteiger charge is 2.24. The first-order valence-electron chi connectivity index (χ1n) is 7.50. The van der Waals surface area contributed by atoms with E-state index in [2.05, 4.69) is 5.32 Å². The molecular weight excluding hydrogens is 380 g/mol. The predicted molar refractivity (Wildman–Crippen MR) is 102 cm³/mol. The molecule has 0 heterocycles. The second-order valence-corrected chi connectivity index (χ2v) is 7.68. The third-order valence-electron chi connectivity index (χ3n) is 3.48. The summed E-state index contributed by atoms with van der Waals surface area (Å²) in [4.78, 5) is 12.4. The van der Waals surface area contributed by atoms with Crippen LogP contribution in [0.25, 0.3) is 0 Å². The predicted octanol–water partition coefficient (Wildman–Crippen LogP) is 2.76. The molecule has 0 aliphatic carbocycles. The molecule has 0 unspecified atom stereocenters. The molecule has 0 fully saturated rings. The summed E-state index contributed by atoms with van der Waals surface area (Å²) in [5.74, 6) is 0.207. The van der Waals surface area contributed by atoms with Crippen molar-refractivity contribution in [1.29, 1.82) is 0 Å². The van der Waals surface area contributed by atoms with Gasteiger partial charge in [0.05, 0.1) is 31.9 Å². The van der Waals surface area contributed by atoms with E-state index in [1.165, 1.54) is 26.4 Å². The third-order valence-corrected chi connectivity index (χ3v) is 4.84. The van der Waals surface area contributed by atoms with Crippen LogP contribution in [0.2, 0.25) is 5.02 Å². The van der Waals surface area contributed by atoms with E-state index in [0.717, 1.165) is 10.6 Å². The van der Waals surface area contributed by atoms with Gasteiger partial charge in [0, 0.05) is 5.02 Å². The summed E-state index contributed by atoms with van der Waals surface area (Å²) in [6.07, 6.45) is 1.00. The van der Waals surface area contributed by atoms with E-state index in [9.17, 15) is 13.2 Å². The Hall–Kier alpha value is -2.45. The topological polar surface area (TPSA) is 84.9 Å². The molecule has 0 bridgehead atoms. The van der Waals surface area contributed by atoms with Crippen molar-refractivity contribution in [3.8, 4) is 11.5 Å². The Labute approximate surface area is 157 Å². The van der Waals surface area contributed by atoms with E-state index in [1.54, 1.807) is 30.3 Å². The van der Waals surface area contributed by atoms with E-state index in [4.69, 9.17) is 21.1 Å². The minimum absolute atomic E-state index is 0.178. The van der Waals surface area contributed by atoms with Gasteiger partial charge in [0.25, 0.3) is 0 Å². The van der Waals surface area contributed by atoms with Crippen LogP contribution >= 0.6 is 11.6 Å². The zero-order valence-corrected chi connectivity index (χ0v) is 16.1. The molecule has 0 aliphatic rings. The quantitative estimate of drug-likeness (QED) is 0.775. The van der Waals surface area contributed by atoms with Gasteiger partial charge in [-0.1, -0.05) is 23.7 Å². The van der Waals surface area contributed by atoms with Gasteiger partial charge in [0.2, 0.25) is 15.9 Å². The first kappa shape index (κ1) is 19.9. The lowest BCUT2D eigenvalue weighted by atomic mass is 10.2. The van der Waals surface area contributed by atoms with Crippen LogP contribution in [0.15, 0.2) is 42.5 Å². The first-order valence-corrected chi connectivity index (χ1v) is 9.73. The number of rotatable bonds is 7. The van der Waals surface area contributed by atoms with Gasteiger partial charge in [-0.3, -0.25) is 9.10 Å². The molecule has 0 atom stereocenters. The molecule has 0 aliphatic heterocycles. The van der Waals surface area contributed by atoms with Crippen molar-refractivity contribution >= 4 is 38.9 Å². The molecule has 26 heavy (non-hydrogen) atoms. The summed E-state index contributed by atoms with van der Waals surface area (Å²) >= 11 is 5.98. The minimum atomic E-state index is -3.77. The van der Waals surface area contributed by atoms with Crippen molar-refractivity contribution in [3.63, 3.8) is 0 Å². The summed E-state index contributed by atoms with van der Waals surface area (Å²) in [7, 11) is -0.886. The molecule has 0 spiro atoms. The maximum Gasteiger partial charge on any atom is 0.245 e. The van der Waals surface area contributed by atoms with Crippen LogP contribution in [-0.2, 0) is 14.8 Å². The second kappa shape index (κ2) is 8.29. The van der Waals surface area contributed by atoms with E-state index < -0.39 is 22.5 Å². The number of ether oxygens (including phenoxy) is 2. The average molecular weight is 399 g/mol. The molecule has 0 radical (unpaired) electrons. The fourth-order valence-electron chi connectivity index (χ4n) is 2.31. The lowest BCUT2D eigenvalue weighted by Crippen LogP contribution is -2.37. The Morgan fingerprint density at radius 3 is 2.38 bits per heavy atom. The molecule has 0 saturated heterocycles. The van der Waals surface area contributed by atoms with Gasteiger partial charge < -0.3 is 14.8 Å². The smallest absolute Gasteiger partial charge is 0.245 e. The standard InChI is InChI=1S/C17H19ClN2O5S/c1-24-15-7-5-4-6-13(15)19-17(21)11-20(26(3,22)23)14-10-12(18)8-9-16(14)25-2/h4-10H,11H2,1-3H3,(H,19,21). The van der Waals surface area contributed by atoms with Crippen LogP contribution in [-0.4, -0.2) is 41.3 Å². The Morgan fingerprint density at radius 2 is 1.77 bits per heavy atom. The molecule has 2 rings (SSSR count). The fourth-order valence-corrected chi connectivity index (χ4v) is 3.33. The van der Waals surface area contributed by atoms with Crippen molar-refractivity contribution in [3.05, 3.63) is 47.5 Å². The molecule has 2 aromatic rings. The van der Waals surface area contributed by atoms with Gasteiger partial charge in [0.1, 0.15) is 18.0 Å². The normalized spacial score (nSPS) is 10.9.